The van der Waals surface area contributed by atoms with Gasteiger partial charge in [0.1, 0.15) is 0 Å². The maximum Gasteiger partial charge on any atom is 0.0125 e. The van der Waals surface area contributed by atoms with Crippen molar-refractivity contribution < 1.29 is 0 Å². The van der Waals surface area contributed by atoms with Crippen molar-refractivity contribution in [1.82, 2.24) is 0 Å². The predicted molar refractivity (Wildman–Crippen MR) is 164 cm³/mol. The summed E-state index contributed by atoms with van der Waals surface area (Å²) in [7, 11) is 4.04. The summed E-state index contributed by atoms with van der Waals surface area (Å²) >= 11 is 0. The summed E-state index contributed by atoms with van der Waals surface area (Å²) in [6.45, 7) is 4.48. The highest BCUT2D eigenvalue weighted by Crippen LogP contribution is 2.35. The monoisotopic (exact) mass is 518 g/mol. The molecule has 0 saturated heterocycles. The number of aryl methyl sites for hydroxylation is 6. The van der Waals surface area contributed by atoms with E-state index in [0.717, 1.165) is 25.7 Å². The van der Waals surface area contributed by atoms with Crippen LogP contribution >= 0.6 is 24.6 Å². The van der Waals surface area contributed by atoms with Crippen LogP contribution in [-0.2, 0) is 25.7 Å². The number of benzene rings is 3. The zero-order valence-electron chi connectivity index (χ0n) is 20.8. The minimum Gasteiger partial charge on any atom is -0.0723 e. The van der Waals surface area contributed by atoms with Gasteiger partial charge in [0.25, 0.3) is 0 Å². The van der Waals surface area contributed by atoms with Gasteiger partial charge in [-0.1, -0.05) is 97.4 Å². The molecule has 0 saturated carbocycles. The SMILES string of the molecule is Cc1pcc(CCc2cpc(CCc3ccc(C)c4cccpc34)c3ccccc23)c2ccccc12. The molecule has 3 heterocycles. The second-order valence-electron chi connectivity index (χ2n) is 9.63. The summed E-state index contributed by atoms with van der Waals surface area (Å²) < 4.78 is 0. The first-order valence-corrected chi connectivity index (χ1v) is 15.6. The van der Waals surface area contributed by atoms with E-state index >= 15 is 0 Å². The molecule has 3 aromatic carbocycles. The second kappa shape index (κ2) is 10.4. The molecule has 3 aromatic heterocycles. The summed E-state index contributed by atoms with van der Waals surface area (Å²) in [4.78, 5) is 0. The fourth-order valence-corrected chi connectivity index (χ4v) is 8.57. The van der Waals surface area contributed by atoms with Crippen LogP contribution in [0.25, 0.3) is 32.0 Å². The van der Waals surface area contributed by atoms with Crippen LogP contribution in [-0.4, -0.2) is 0 Å². The van der Waals surface area contributed by atoms with E-state index in [1.165, 1.54) is 84.2 Å². The number of rotatable bonds is 6. The third-order valence-electron chi connectivity index (χ3n) is 7.40. The van der Waals surface area contributed by atoms with Crippen molar-refractivity contribution >= 4 is 56.6 Å². The molecule has 0 nitrogen and oxygen atoms in total. The van der Waals surface area contributed by atoms with E-state index in [2.05, 4.69) is 104 Å². The second-order valence-corrected chi connectivity index (χ2v) is 12.9. The lowest BCUT2D eigenvalue weighted by Gasteiger charge is -2.13. The van der Waals surface area contributed by atoms with Gasteiger partial charge in [0.2, 0.25) is 0 Å². The van der Waals surface area contributed by atoms with Gasteiger partial charge in [-0.05, 0) is 117 Å². The standard InChI is InChI=1S/C33H29P3/c1-22-13-14-24(33-27(22)12-7-19-34-33)17-18-32-31-11-6-5-10-30(31)26(21-36-32)16-15-25-20-35-23(2)28-8-3-4-9-29(25)28/h3-14,19-21H,15-18H2,1-2H3. The Bertz CT molecular complexity index is 1590. The Labute approximate surface area is 218 Å². The molecule has 0 aliphatic rings. The van der Waals surface area contributed by atoms with Crippen molar-refractivity contribution in [3.63, 3.8) is 0 Å². The molecule has 6 aromatic rings. The molecule has 6 rings (SSSR count). The van der Waals surface area contributed by atoms with Gasteiger partial charge in [0.15, 0.2) is 0 Å². The summed E-state index contributed by atoms with van der Waals surface area (Å²) in [6.07, 6.45) is 4.42. The highest BCUT2D eigenvalue weighted by Gasteiger charge is 2.10. The lowest BCUT2D eigenvalue weighted by Crippen LogP contribution is -1.96. The number of hydrogen-bond acceptors (Lipinski definition) is 0. The zero-order chi connectivity index (χ0) is 24.5. The highest BCUT2D eigenvalue weighted by atomic mass is 31.0. The Morgan fingerprint density at radius 2 is 1.11 bits per heavy atom. The molecular formula is C33H29P3. The minimum atomic E-state index is 1.10. The highest BCUT2D eigenvalue weighted by molar-refractivity contribution is 7.36. The van der Waals surface area contributed by atoms with Crippen molar-refractivity contribution in [3.8, 4) is 0 Å². The maximum atomic E-state index is 2.49. The largest absolute Gasteiger partial charge is 0.0723 e. The number of fused-ring (bicyclic) bond motifs is 3. The molecule has 0 aliphatic heterocycles. The average Bonchev–Trinajstić information content (AvgIpc) is 2.93. The lowest BCUT2D eigenvalue weighted by molar-refractivity contribution is 0.980. The summed E-state index contributed by atoms with van der Waals surface area (Å²) in [5.74, 6) is 7.18. The first kappa shape index (κ1) is 23.8. The van der Waals surface area contributed by atoms with E-state index in [0.29, 0.717) is 0 Å². The Kier molecular flexibility index (Phi) is 6.87. The van der Waals surface area contributed by atoms with Gasteiger partial charge in [-0.3, -0.25) is 0 Å². The van der Waals surface area contributed by atoms with Crippen LogP contribution in [0.3, 0.4) is 0 Å². The molecule has 36 heavy (non-hydrogen) atoms. The molecule has 0 atom stereocenters. The molecule has 176 valence electrons. The van der Waals surface area contributed by atoms with Crippen molar-refractivity contribution in [1.29, 1.82) is 0 Å². The van der Waals surface area contributed by atoms with Gasteiger partial charge in [0.05, 0.1) is 0 Å². The van der Waals surface area contributed by atoms with E-state index in [-0.39, 0.29) is 0 Å². The summed E-state index contributed by atoms with van der Waals surface area (Å²) in [6, 6.07) is 27.1. The van der Waals surface area contributed by atoms with Crippen molar-refractivity contribution in [2.75, 3.05) is 0 Å². The quantitative estimate of drug-likeness (QED) is 0.206. The molecule has 0 unspecified atom stereocenters. The first-order valence-electron chi connectivity index (χ1n) is 12.7. The van der Waals surface area contributed by atoms with Crippen LogP contribution in [0, 0.1) is 13.8 Å². The Hall–Kier alpha value is -2.61. The van der Waals surface area contributed by atoms with Crippen LogP contribution < -0.4 is 0 Å². The summed E-state index contributed by atoms with van der Waals surface area (Å²) in [5, 5.41) is 11.7. The van der Waals surface area contributed by atoms with Gasteiger partial charge in [-0.25, -0.2) is 0 Å². The van der Waals surface area contributed by atoms with Gasteiger partial charge < -0.3 is 0 Å². The molecule has 0 N–H and O–H groups in total. The van der Waals surface area contributed by atoms with Gasteiger partial charge in [-0.2, -0.15) is 0 Å². The Morgan fingerprint density at radius 3 is 1.89 bits per heavy atom. The molecule has 0 bridgehead atoms. The predicted octanol–water partition coefficient (Wildman–Crippen LogP) is 11.1. The van der Waals surface area contributed by atoms with Gasteiger partial charge in [0, 0.05) is 5.12 Å². The third kappa shape index (κ3) is 4.60. The van der Waals surface area contributed by atoms with Gasteiger partial charge >= 0.3 is 0 Å². The Morgan fingerprint density at radius 1 is 0.500 bits per heavy atom. The normalized spacial score (nSPS) is 12.2. The molecule has 3 heteroatoms. The van der Waals surface area contributed by atoms with Crippen LogP contribution in [0.2, 0.25) is 0 Å². The van der Waals surface area contributed by atoms with Crippen LogP contribution in [0.5, 0.6) is 0 Å². The smallest absolute Gasteiger partial charge is 0.0125 e. The van der Waals surface area contributed by atoms with Crippen LogP contribution in [0.1, 0.15) is 32.8 Å². The molecular weight excluding hydrogens is 489 g/mol. The third-order valence-corrected chi connectivity index (χ3v) is 10.8. The molecule has 0 aliphatic carbocycles. The van der Waals surface area contributed by atoms with Crippen molar-refractivity contribution in [2.24, 2.45) is 0 Å². The lowest BCUT2D eigenvalue weighted by atomic mass is 9.98. The minimum absolute atomic E-state index is 1.10. The molecule has 0 fully saturated rings. The first-order chi connectivity index (χ1) is 17.7. The van der Waals surface area contributed by atoms with Crippen LogP contribution in [0.4, 0.5) is 0 Å². The van der Waals surface area contributed by atoms with Crippen LogP contribution in [0.15, 0.2) is 90.2 Å². The van der Waals surface area contributed by atoms with E-state index in [9.17, 15) is 0 Å². The Balaban J connectivity index is 1.28. The maximum absolute atomic E-state index is 2.49. The van der Waals surface area contributed by atoms with E-state index in [1.807, 2.05) is 0 Å². The fourth-order valence-electron chi connectivity index (χ4n) is 5.40. The van der Waals surface area contributed by atoms with Crippen molar-refractivity contribution in [2.45, 2.75) is 39.5 Å². The molecule has 0 amide bonds. The average molecular weight is 519 g/mol. The van der Waals surface area contributed by atoms with Gasteiger partial charge in [-0.15, -0.1) is 0 Å². The molecule has 0 radical (unpaired) electrons. The van der Waals surface area contributed by atoms with E-state index in [1.54, 1.807) is 5.30 Å². The summed E-state index contributed by atoms with van der Waals surface area (Å²) in [5.41, 5.74) is 5.89. The number of hydrogen-bond donors (Lipinski definition) is 0. The van der Waals surface area contributed by atoms with Crippen molar-refractivity contribution in [3.05, 3.63) is 123 Å². The molecule has 0 spiro atoms. The topological polar surface area (TPSA) is 0 Å². The zero-order valence-corrected chi connectivity index (χ0v) is 23.5. The fraction of sp³-hybridized carbons (Fsp3) is 0.182. The van der Waals surface area contributed by atoms with E-state index < -0.39 is 0 Å². The van der Waals surface area contributed by atoms with E-state index in [4.69, 9.17) is 0 Å².